The number of methoxy groups -OCH3 is 2. The van der Waals surface area contributed by atoms with Crippen molar-refractivity contribution in [2.45, 2.75) is 39.3 Å². The van der Waals surface area contributed by atoms with Crippen LogP contribution in [0.5, 0.6) is 17.2 Å². The molecule has 0 N–H and O–H groups in total. The van der Waals surface area contributed by atoms with Gasteiger partial charge in [0.25, 0.3) is 5.56 Å². The van der Waals surface area contributed by atoms with Crippen molar-refractivity contribution in [1.29, 1.82) is 0 Å². The largest absolute Gasteiger partial charge is 0.496 e. The first-order valence-corrected chi connectivity index (χ1v) is 15.5. The van der Waals surface area contributed by atoms with Gasteiger partial charge < -0.3 is 18.9 Å². The molecule has 0 unspecified atom stereocenters. The van der Waals surface area contributed by atoms with Crippen LogP contribution in [-0.4, -0.2) is 31.4 Å². The lowest BCUT2D eigenvalue weighted by Crippen LogP contribution is -2.40. The number of carbonyl (C=O) groups is 1. The SMILES string of the molecule is CCCC1=C(C(=O)OCC)[C@H](c2ccccc2OC)n2c(s/c(=C\c3cc(Cl)c(OCc4ccccc4)c(OC)c3)c2=O)=N1. The molecule has 0 amide bonds. The molecule has 2 heterocycles. The van der Waals surface area contributed by atoms with Crippen molar-refractivity contribution in [3.8, 4) is 17.2 Å². The van der Waals surface area contributed by atoms with E-state index in [2.05, 4.69) is 0 Å². The topological polar surface area (TPSA) is 88.4 Å². The second-order valence-corrected chi connectivity index (χ2v) is 11.4. The molecule has 3 aromatic carbocycles. The molecule has 0 fully saturated rings. The average molecular weight is 633 g/mol. The Morgan fingerprint density at radius 1 is 1.02 bits per heavy atom. The number of carbonyl (C=O) groups excluding carboxylic acids is 1. The van der Waals surface area contributed by atoms with Gasteiger partial charge in [-0.1, -0.05) is 84.8 Å². The third-order valence-corrected chi connectivity index (χ3v) is 8.36. The molecule has 0 spiro atoms. The van der Waals surface area contributed by atoms with Gasteiger partial charge in [-0.15, -0.1) is 0 Å². The quantitative estimate of drug-likeness (QED) is 0.193. The maximum Gasteiger partial charge on any atom is 0.338 e. The highest BCUT2D eigenvalue weighted by molar-refractivity contribution is 7.07. The lowest BCUT2D eigenvalue weighted by molar-refractivity contribution is -0.139. The highest BCUT2D eigenvalue weighted by Crippen LogP contribution is 2.38. The van der Waals surface area contributed by atoms with Gasteiger partial charge in [-0.25, -0.2) is 9.79 Å². The van der Waals surface area contributed by atoms with Gasteiger partial charge in [0.05, 0.1) is 41.7 Å². The molecule has 1 aliphatic rings. The first-order valence-electron chi connectivity index (χ1n) is 14.3. The Balaban J connectivity index is 1.64. The van der Waals surface area contributed by atoms with Gasteiger partial charge in [0.15, 0.2) is 16.3 Å². The highest BCUT2D eigenvalue weighted by atomic mass is 35.5. The predicted molar refractivity (Wildman–Crippen MR) is 171 cm³/mol. The van der Waals surface area contributed by atoms with Gasteiger partial charge in [-0.05, 0) is 48.7 Å². The number of hydrogen-bond donors (Lipinski definition) is 0. The number of allylic oxidation sites excluding steroid dienone is 1. The third kappa shape index (κ3) is 6.30. The van der Waals surface area contributed by atoms with Crippen LogP contribution in [0.2, 0.25) is 5.02 Å². The van der Waals surface area contributed by atoms with Crippen molar-refractivity contribution < 1.29 is 23.7 Å². The van der Waals surface area contributed by atoms with Crippen LogP contribution >= 0.6 is 22.9 Å². The van der Waals surface area contributed by atoms with E-state index < -0.39 is 12.0 Å². The summed E-state index contributed by atoms with van der Waals surface area (Å²) in [5.41, 5.74) is 2.93. The lowest BCUT2D eigenvalue weighted by atomic mass is 9.93. The van der Waals surface area contributed by atoms with Crippen molar-refractivity contribution in [3.05, 3.63) is 119 Å². The Morgan fingerprint density at radius 3 is 2.45 bits per heavy atom. The number of esters is 1. The molecule has 0 saturated heterocycles. The summed E-state index contributed by atoms with van der Waals surface area (Å²) >= 11 is 7.91. The predicted octanol–water partition coefficient (Wildman–Crippen LogP) is 5.83. The Labute approximate surface area is 264 Å². The zero-order valence-electron chi connectivity index (χ0n) is 25.0. The summed E-state index contributed by atoms with van der Waals surface area (Å²) in [5, 5.41) is 0.348. The number of para-hydroxylation sites is 1. The van der Waals surface area contributed by atoms with E-state index in [1.165, 1.54) is 18.4 Å². The van der Waals surface area contributed by atoms with Crippen LogP contribution in [0.3, 0.4) is 0 Å². The number of ether oxygens (including phenoxy) is 4. The normalized spacial score (nSPS) is 14.6. The summed E-state index contributed by atoms with van der Waals surface area (Å²) in [6.07, 6.45) is 3.04. The minimum atomic E-state index is -0.781. The molecule has 4 aromatic rings. The van der Waals surface area contributed by atoms with Gasteiger partial charge in [-0.3, -0.25) is 9.36 Å². The molecular formula is C34H33ClN2O6S. The van der Waals surface area contributed by atoms with Crippen molar-refractivity contribution in [2.75, 3.05) is 20.8 Å². The van der Waals surface area contributed by atoms with Crippen LogP contribution in [0.4, 0.5) is 0 Å². The summed E-state index contributed by atoms with van der Waals surface area (Å²) in [7, 11) is 3.10. The van der Waals surface area contributed by atoms with Crippen molar-refractivity contribution in [2.24, 2.45) is 4.99 Å². The molecule has 10 heteroatoms. The van der Waals surface area contributed by atoms with Crippen LogP contribution in [0, 0.1) is 0 Å². The van der Waals surface area contributed by atoms with E-state index in [9.17, 15) is 9.59 Å². The molecule has 0 radical (unpaired) electrons. The minimum absolute atomic E-state index is 0.193. The molecule has 5 rings (SSSR count). The van der Waals surface area contributed by atoms with Gasteiger partial charge in [0.2, 0.25) is 0 Å². The summed E-state index contributed by atoms with van der Waals surface area (Å²) in [5.74, 6) is 0.895. The molecule has 44 heavy (non-hydrogen) atoms. The molecule has 1 aromatic heterocycles. The second-order valence-electron chi connectivity index (χ2n) is 9.96. The first kappa shape index (κ1) is 31.1. The van der Waals surface area contributed by atoms with Crippen LogP contribution in [0.25, 0.3) is 6.08 Å². The zero-order valence-corrected chi connectivity index (χ0v) is 26.5. The van der Waals surface area contributed by atoms with E-state index in [1.54, 1.807) is 36.8 Å². The van der Waals surface area contributed by atoms with E-state index in [0.717, 1.165) is 12.0 Å². The molecule has 228 valence electrons. The van der Waals surface area contributed by atoms with Gasteiger partial charge >= 0.3 is 5.97 Å². The number of rotatable bonds is 11. The van der Waals surface area contributed by atoms with Gasteiger partial charge in [-0.2, -0.15) is 0 Å². The number of halogens is 1. The minimum Gasteiger partial charge on any atom is -0.496 e. The summed E-state index contributed by atoms with van der Waals surface area (Å²) in [6.45, 7) is 4.28. The third-order valence-electron chi connectivity index (χ3n) is 7.10. The van der Waals surface area contributed by atoms with Crippen LogP contribution in [0.15, 0.2) is 87.8 Å². The smallest absolute Gasteiger partial charge is 0.338 e. The second kappa shape index (κ2) is 14.0. The van der Waals surface area contributed by atoms with Crippen LogP contribution < -0.4 is 29.1 Å². The molecule has 0 bridgehead atoms. The molecule has 1 atom stereocenters. The fourth-order valence-electron chi connectivity index (χ4n) is 5.15. The van der Waals surface area contributed by atoms with Crippen LogP contribution in [0.1, 0.15) is 49.4 Å². The number of aromatic nitrogens is 1. The van der Waals surface area contributed by atoms with E-state index in [4.69, 9.17) is 35.5 Å². The fraction of sp³-hybridized carbons (Fsp3) is 0.265. The van der Waals surface area contributed by atoms with E-state index >= 15 is 0 Å². The Hall–Kier alpha value is -4.34. The number of thiazole rings is 1. The maximum absolute atomic E-state index is 14.1. The summed E-state index contributed by atoms with van der Waals surface area (Å²) in [6, 6.07) is 19.8. The number of benzene rings is 3. The number of nitrogens with zero attached hydrogens (tertiary/aromatic N) is 2. The van der Waals surface area contributed by atoms with Crippen molar-refractivity contribution >= 4 is 35.0 Å². The van der Waals surface area contributed by atoms with E-state index in [0.29, 0.717) is 67.0 Å². The monoisotopic (exact) mass is 632 g/mol. The Bertz CT molecular complexity index is 1880. The highest BCUT2D eigenvalue weighted by Gasteiger charge is 2.35. The maximum atomic E-state index is 14.1. The Morgan fingerprint density at radius 2 is 1.75 bits per heavy atom. The average Bonchev–Trinajstić information content (AvgIpc) is 3.34. The summed E-state index contributed by atoms with van der Waals surface area (Å²) < 4.78 is 24.7. The van der Waals surface area contributed by atoms with Gasteiger partial charge in [0, 0.05) is 5.56 Å². The number of hydrogen-bond acceptors (Lipinski definition) is 8. The fourth-order valence-corrected chi connectivity index (χ4v) is 6.45. The Kier molecular flexibility index (Phi) is 9.87. The van der Waals surface area contributed by atoms with Gasteiger partial charge in [0.1, 0.15) is 18.4 Å². The lowest BCUT2D eigenvalue weighted by Gasteiger charge is -2.26. The molecule has 8 nitrogen and oxygen atoms in total. The first-order chi connectivity index (χ1) is 21.4. The molecule has 0 aliphatic carbocycles. The molecular weight excluding hydrogens is 600 g/mol. The number of fused-ring (bicyclic) bond motifs is 1. The van der Waals surface area contributed by atoms with Crippen LogP contribution in [-0.2, 0) is 16.1 Å². The zero-order chi connectivity index (χ0) is 31.2. The standard InChI is InChI=1S/C34H33ClN2O6S/c1-5-12-25-29(33(39)42-6-2)30(23-15-10-11-16-26(23)40-3)37-32(38)28(44-34(37)36-25)19-22-17-24(35)31(27(18-22)41-4)43-20-21-13-8-7-9-14-21/h7-11,13-19,30H,5-6,12,20H2,1-4H3/b28-19-/t30-/m0/s1. The van der Waals surface area contributed by atoms with Crippen molar-refractivity contribution in [3.63, 3.8) is 0 Å². The van der Waals surface area contributed by atoms with E-state index in [-0.39, 0.29) is 12.2 Å². The molecule has 1 aliphatic heterocycles. The molecule has 0 saturated carbocycles. The summed E-state index contributed by atoms with van der Waals surface area (Å²) in [4.78, 5) is 32.9. The van der Waals surface area contributed by atoms with E-state index in [1.807, 2.05) is 61.5 Å². The van der Waals surface area contributed by atoms with Crippen molar-refractivity contribution in [1.82, 2.24) is 4.57 Å².